The first-order chi connectivity index (χ1) is 5.43. The Morgan fingerprint density at radius 1 is 1.36 bits per heavy atom. The Morgan fingerprint density at radius 3 is 2.73 bits per heavy atom. The van der Waals surface area contributed by atoms with Crippen molar-refractivity contribution in [2.45, 2.75) is 6.42 Å². The van der Waals surface area contributed by atoms with Crippen molar-refractivity contribution in [1.82, 2.24) is 9.97 Å². The second kappa shape index (κ2) is 4.57. The summed E-state index contributed by atoms with van der Waals surface area (Å²) in [6.07, 6.45) is 9.92. The van der Waals surface area contributed by atoms with E-state index in [4.69, 9.17) is 5.73 Å². The SMILES string of the molecule is NCCC=Cc1cncnc1. The summed E-state index contributed by atoms with van der Waals surface area (Å²) in [6, 6.07) is 0. The van der Waals surface area contributed by atoms with E-state index in [0.29, 0.717) is 6.54 Å². The zero-order chi connectivity index (χ0) is 7.94. The molecule has 1 heterocycles. The lowest BCUT2D eigenvalue weighted by Crippen LogP contribution is -1.94. The first-order valence-corrected chi connectivity index (χ1v) is 3.55. The first kappa shape index (κ1) is 7.88. The minimum absolute atomic E-state index is 0.685. The van der Waals surface area contributed by atoms with Crippen LogP contribution in [0.3, 0.4) is 0 Å². The van der Waals surface area contributed by atoms with Crippen LogP contribution in [-0.2, 0) is 0 Å². The van der Waals surface area contributed by atoms with Crippen LogP contribution in [-0.4, -0.2) is 16.5 Å². The Balaban J connectivity index is 2.50. The molecule has 0 bridgehead atoms. The molecule has 58 valence electrons. The number of aromatic nitrogens is 2. The molecule has 11 heavy (non-hydrogen) atoms. The van der Waals surface area contributed by atoms with Gasteiger partial charge in [-0.05, 0) is 13.0 Å². The van der Waals surface area contributed by atoms with E-state index in [0.717, 1.165) is 12.0 Å². The summed E-state index contributed by atoms with van der Waals surface area (Å²) >= 11 is 0. The number of nitrogens with zero attached hydrogens (tertiary/aromatic N) is 2. The van der Waals surface area contributed by atoms with Crippen LogP contribution in [0.25, 0.3) is 6.08 Å². The van der Waals surface area contributed by atoms with Gasteiger partial charge in [0.2, 0.25) is 0 Å². The zero-order valence-corrected chi connectivity index (χ0v) is 6.27. The van der Waals surface area contributed by atoms with E-state index in [9.17, 15) is 0 Å². The molecule has 3 heteroatoms. The van der Waals surface area contributed by atoms with E-state index in [1.54, 1.807) is 12.4 Å². The molecule has 0 atom stereocenters. The highest BCUT2D eigenvalue weighted by Gasteiger charge is 1.82. The Hall–Kier alpha value is -1.22. The molecule has 0 saturated carbocycles. The van der Waals surface area contributed by atoms with Crippen molar-refractivity contribution in [3.63, 3.8) is 0 Å². The third kappa shape index (κ3) is 2.91. The molecular weight excluding hydrogens is 138 g/mol. The smallest absolute Gasteiger partial charge is 0.115 e. The highest BCUT2D eigenvalue weighted by atomic mass is 14.8. The number of rotatable bonds is 3. The van der Waals surface area contributed by atoms with Crippen LogP contribution in [0.4, 0.5) is 0 Å². The lowest BCUT2D eigenvalue weighted by molar-refractivity contribution is 1.01. The summed E-state index contributed by atoms with van der Waals surface area (Å²) in [7, 11) is 0. The van der Waals surface area contributed by atoms with E-state index in [2.05, 4.69) is 9.97 Å². The Kier molecular flexibility index (Phi) is 3.28. The van der Waals surface area contributed by atoms with Gasteiger partial charge in [0.25, 0.3) is 0 Å². The van der Waals surface area contributed by atoms with Crippen LogP contribution >= 0.6 is 0 Å². The lowest BCUT2D eigenvalue weighted by atomic mass is 10.3. The molecule has 2 N–H and O–H groups in total. The minimum Gasteiger partial charge on any atom is -0.330 e. The van der Waals surface area contributed by atoms with Crippen LogP contribution in [0, 0.1) is 0 Å². The largest absolute Gasteiger partial charge is 0.330 e. The maximum Gasteiger partial charge on any atom is 0.115 e. The van der Waals surface area contributed by atoms with E-state index in [1.807, 2.05) is 12.2 Å². The van der Waals surface area contributed by atoms with Crippen molar-refractivity contribution < 1.29 is 0 Å². The van der Waals surface area contributed by atoms with Gasteiger partial charge in [0.05, 0.1) is 0 Å². The van der Waals surface area contributed by atoms with Crippen LogP contribution in [0.1, 0.15) is 12.0 Å². The topological polar surface area (TPSA) is 51.8 Å². The molecule has 1 rings (SSSR count). The van der Waals surface area contributed by atoms with E-state index >= 15 is 0 Å². The Bertz CT molecular complexity index is 218. The molecule has 0 spiro atoms. The number of hydrogen-bond acceptors (Lipinski definition) is 3. The van der Waals surface area contributed by atoms with Gasteiger partial charge >= 0.3 is 0 Å². The highest BCUT2D eigenvalue weighted by Crippen LogP contribution is 1.96. The molecule has 3 nitrogen and oxygen atoms in total. The van der Waals surface area contributed by atoms with Crippen molar-refractivity contribution in [3.05, 3.63) is 30.4 Å². The van der Waals surface area contributed by atoms with E-state index in [-0.39, 0.29) is 0 Å². The highest BCUT2D eigenvalue weighted by molar-refractivity contribution is 5.45. The average molecular weight is 149 g/mol. The van der Waals surface area contributed by atoms with Gasteiger partial charge in [0, 0.05) is 18.0 Å². The Labute approximate surface area is 66.0 Å². The fraction of sp³-hybridized carbons (Fsp3) is 0.250. The van der Waals surface area contributed by atoms with Crippen molar-refractivity contribution in [3.8, 4) is 0 Å². The van der Waals surface area contributed by atoms with Gasteiger partial charge in [-0.2, -0.15) is 0 Å². The standard InChI is InChI=1S/C8H11N3/c9-4-2-1-3-8-5-10-7-11-6-8/h1,3,5-7H,2,4,9H2. The third-order valence-corrected chi connectivity index (χ3v) is 1.22. The van der Waals surface area contributed by atoms with Crippen molar-refractivity contribution in [2.75, 3.05) is 6.54 Å². The maximum absolute atomic E-state index is 5.31. The molecule has 0 unspecified atom stereocenters. The molecule has 0 fully saturated rings. The maximum atomic E-state index is 5.31. The minimum atomic E-state index is 0.685. The summed E-state index contributed by atoms with van der Waals surface area (Å²) < 4.78 is 0. The fourth-order valence-corrected chi connectivity index (χ4v) is 0.712. The average Bonchev–Trinajstić information content (AvgIpc) is 2.07. The predicted molar refractivity (Wildman–Crippen MR) is 44.7 cm³/mol. The first-order valence-electron chi connectivity index (χ1n) is 3.55. The molecule has 0 aliphatic rings. The van der Waals surface area contributed by atoms with E-state index < -0.39 is 0 Å². The van der Waals surface area contributed by atoms with Gasteiger partial charge in [-0.3, -0.25) is 0 Å². The fourth-order valence-electron chi connectivity index (χ4n) is 0.712. The quantitative estimate of drug-likeness (QED) is 0.692. The molecule has 0 aliphatic carbocycles. The molecule has 1 aromatic rings. The molecule has 0 saturated heterocycles. The van der Waals surface area contributed by atoms with Gasteiger partial charge < -0.3 is 5.73 Å². The summed E-state index contributed by atoms with van der Waals surface area (Å²) in [6.45, 7) is 0.685. The molecule has 0 radical (unpaired) electrons. The molecule has 0 aromatic carbocycles. The number of nitrogens with two attached hydrogens (primary N) is 1. The lowest BCUT2D eigenvalue weighted by Gasteiger charge is -1.88. The molecular formula is C8H11N3. The monoisotopic (exact) mass is 149 g/mol. The zero-order valence-electron chi connectivity index (χ0n) is 6.27. The van der Waals surface area contributed by atoms with Crippen LogP contribution in [0.2, 0.25) is 0 Å². The summed E-state index contributed by atoms with van der Waals surface area (Å²) in [4.78, 5) is 7.74. The summed E-state index contributed by atoms with van der Waals surface area (Å²) in [5.41, 5.74) is 6.32. The third-order valence-electron chi connectivity index (χ3n) is 1.22. The van der Waals surface area contributed by atoms with Crippen molar-refractivity contribution >= 4 is 6.08 Å². The molecule has 1 aromatic heterocycles. The summed E-state index contributed by atoms with van der Waals surface area (Å²) in [5, 5.41) is 0. The second-order valence-electron chi connectivity index (χ2n) is 2.15. The van der Waals surface area contributed by atoms with Gasteiger partial charge in [-0.15, -0.1) is 0 Å². The van der Waals surface area contributed by atoms with Gasteiger partial charge in [0.1, 0.15) is 6.33 Å². The normalized spacial score (nSPS) is 10.6. The van der Waals surface area contributed by atoms with Crippen LogP contribution in [0.5, 0.6) is 0 Å². The van der Waals surface area contributed by atoms with Gasteiger partial charge in [-0.25, -0.2) is 9.97 Å². The van der Waals surface area contributed by atoms with Crippen LogP contribution in [0.15, 0.2) is 24.8 Å². The predicted octanol–water partition coefficient (Wildman–Crippen LogP) is 0.839. The summed E-state index contributed by atoms with van der Waals surface area (Å²) in [5.74, 6) is 0. The van der Waals surface area contributed by atoms with Gasteiger partial charge in [0.15, 0.2) is 0 Å². The van der Waals surface area contributed by atoms with Gasteiger partial charge in [-0.1, -0.05) is 12.2 Å². The second-order valence-corrected chi connectivity index (χ2v) is 2.15. The number of hydrogen-bond donors (Lipinski definition) is 1. The molecule has 0 amide bonds. The Morgan fingerprint density at radius 2 is 2.09 bits per heavy atom. The van der Waals surface area contributed by atoms with Crippen LogP contribution < -0.4 is 5.73 Å². The van der Waals surface area contributed by atoms with E-state index in [1.165, 1.54) is 6.33 Å². The van der Waals surface area contributed by atoms with Crippen molar-refractivity contribution in [1.29, 1.82) is 0 Å². The van der Waals surface area contributed by atoms with Crippen molar-refractivity contribution in [2.24, 2.45) is 5.73 Å². The molecule has 0 aliphatic heterocycles.